The number of halogens is 2. The van der Waals surface area contributed by atoms with Crippen LogP contribution < -0.4 is 4.90 Å². The van der Waals surface area contributed by atoms with Gasteiger partial charge in [-0.3, -0.25) is 0 Å². The van der Waals surface area contributed by atoms with Crippen molar-refractivity contribution in [1.29, 1.82) is 0 Å². The van der Waals surface area contributed by atoms with Crippen molar-refractivity contribution in [2.45, 2.75) is 12.8 Å². The van der Waals surface area contributed by atoms with Crippen molar-refractivity contribution >= 4 is 38.9 Å². The van der Waals surface area contributed by atoms with Gasteiger partial charge in [0.25, 0.3) is 0 Å². The molecule has 1 nitrogen and oxygen atoms in total. The Kier molecular flexibility index (Phi) is 4.31. The smallest absolute Gasteiger partial charge is 0.0495 e. The molecule has 0 bridgehead atoms. The first-order chi connectivity index (χ1) is 8.63. The topological polar surface area (TPSA) is 3.24 Å². The summed E-state index contributed by atoms with van der Waals surface area (Å²) in [6.45, 7) is 2.12. The van der Waals surface area contributed by atoms with E-state index in [4.69, 9.17) is 11.6 Å². The van der Waals surface area contributed by atoms with Crippen LogP contribution in [0.3, 0.4) is 0 Å². The Balaban J connectivity index is 2.46. The molecule has 18 heavy (non-hydrogen) atoms. The third-order valence-corrected chi connectivity index (χ3v) is 3.80. The molecule has 94 valence electrons. The van der Waals surface area contributed by atoms with E-state index in [9.17, 15) is 0 Å². The summed E-state index contributed by atoms with van der Waals surface area (Å²) in [4.78, 5) is 2.18. The summed E-state index contributed by atoms with van der Waals surface area (Å²) in [5, 5.41) is 0. The number of hydrogen-bond acceptors (Lipinski definition) is 1. The number of aryl methyl sites for hydroxylation is 1. The standard InChI is InChI=1S/C15H15BrClN/c1-11-5-3-4-6-14(11)18(2)15-8-7-13(16)9-12(15)10-17/h3-9H,10H2,1-2H3. The molecular formula is C15H15BrClN. The molecule has 3 heteroatoms. The molecule has 0 radical (unpaired) electrons. The van der Waals surface area contributed by atoms with Crippen LogP contribution >= 0.6 is 27.5 Å². The van der Waals surface area contributed by atoms with Gasteiger partial charge >= 0.3 is 0 Å². The molecule has 2 rings (SSSR count). The van der Waals surface area contributed by atoms with Gasteiger partial charge in [0.05, 0.1) is 0 Å². The average molecular weight is 325 g/mol. The Labute approximate surface area is 122 Å². The molecule has 0 aliphatic heterocycles. The SMILES string of the molecule is Cc1ccccc1N(C)c1ccc(Br)cc1CCl. The number of nitrogens with zero attached hydrogens (tertiary/aromatic N) is 1. The Morgan fingerprint density at radius 1 is 1.11 bits per heavy atom. The van der Waals surface area contributed by atoms with Crippen molar-refractivity contribution < 1.29 is 0 Å². The fraction of sp³-hybridized carbons (Fsp3) is 0.200. The van der Waals surface area contributed by atoms with E-state index in [1.807, 2.05) is 6.07 Å². The minimum atomic E-state index is 0.505. The second-order valence-electron chi connectivity index (χ2n) is 4.25. The first-order valence-electron chi connectivity index (χ1n) is 5.77. The highest BCUT2D eigenvalue weighted by Crippen LogP contribution is 2.31. The summed E-state index contributed by atoms with van der Waals surface area (Å²) in [5.74, 6) is 0.505. The second-order valence-corrected chi connectivity index (χ2v) is 5.44. The van der Waals surface area contributed by atoms with Gasteiger partial charge in [0.1, 0.15) is 0 Å². The number of rotatable bonds is 3. The van der Waals surface area contributed by atoms with Crippen molar-refractivity contribution in [3.05, 3.63) is 58.1 Å². The summed E-state index contributed by atoms with van der Waals surface area (Å²) in [7, 11) is 2.07. The van der Waals surface area contributed by atoms with Crippen LogP contribution in [-0.4, -0.2) is 7.05 Å². The lowest BCUT2D eigenvalue weighted by Crippen LogP contribution is -2.12. The minimum Gasteiger partial charge on any atom is -0.344 e. The molecule has 0 aliphatic rings. The Hall–Kier alpha value is -0.990. The molecule has 2 aromatic rings. The molecule has 0 aliphatic carbocycles. The first-order valence-corrected chi connectivity index (χ1v) is 7.10. The first kappa shape index (κ1) is 13.4. The maximum atomic E-state index is 6.03. The van der Waals surface area contributed by atoms with Gasteiger partial charge in [0.2, 0.25) is 0 Å². The molecule has 0 saturated heterocycles. The largest absolute Gasteiger partial charge is 0.344 e. The molecule has 2 aromatic carbocycles. The van der Waals surface area contributed by atoms with Gasteiger partial charge < -0.3 is 4.90 Å². The molecule has 0 unspecified atom stereocenters. The fourth-order valence-corrected chi connectivity index (χ4v) is 2.68. The number of anilines is 2. The van der Waals surface area contributed by atoms with Gasteiger partial charge in [0, 0.05) is 28.8 Å². The average Bonchev–Trinajstić information content (AvgIpc) is 2.38. The number of alkyl halides is 1. The summed E-state index contributed by atoms with van der Waals surface area (Å²) < 4.78 is 1.06. The molecule has 0 saturated carbocycles. The maximum absolute atomic E-state index is 6.03. The van der Waals surface area contributed by atoms with E-state index in [-0.39, 0.29) is 0 Å². The zero-order chi connectivity index (χ0) is 13.1. The summed E-state index contributed by atoms with van der Waals surface area (Å²) in [6, 6.07) is 14.5. The van der Waals surface area contributed by atoms with E-state index < -0.39 is 0 Å². The van der Waals surface area contributed by atoms with Crippen LogP contribution in [0.1, 0.15) is 11.1 Å². The number of para-hydroxylation sites is 1. The van der Waals surface area contributed by atoms with Crippen LogP contribution in [0.5, 0.6) is 0 Å². The predicted molar refractivity (Wildman–Crippen MR) is 82.9 cm³/mol. The highest BCUT2D eigenvalue weighted by Gasteiger charge is 2.10. The van der Waals surface area contributed by atoms with Crippen LogP contribution in [0.4, 0.5) is 11.4 Å². The molecule has 0 aromatic heterocycles. The fourth-order valence-electron chi connectivity index (χ4n) is 2.06. The Bertz CT molecular complexity index is 554. The van der Waals surface area contributed by atoms with E-state index >= 15 is 0 Å². The molecular weight excluding hydrogens is 310 g/mol. The van der Waals surface area contributed by atoms with E-state index in [1.165, 1.54) is 11.3 Å². The van der Waals surface area contributed by atoms with Crippen molar-refractivity contribution in [3.63, 3.8) is 0 Å². The zero-order valence-electron chi connectivity index (χ0n) is 10.5. The van der Waals surface area contributed by atoms with Gasteiger partial charge in [-0.25, -0.2) is 0 Å². The normalized spacial score (nSPS) is 10.4. The van der Waals surface area contributed by atoms with Gasteiger partial charge in [-0.15, -0.1) is 11.6 Å². The van der Waals surface area contributed by atoms with Crippen LogP contribution in [0.25, 0.3) is 0 Å². The molecule has 0 amide bonds. The van der Waals surface area contributed by atoms with E-state index in [0.29, 0.717) is 5.88 Å². The monoisotopic (exact) mass is 323 g/mol. The van der Waals surface area contributed by atoms with E-state index in [0.717, 1.165) is 15.7 Å². The van der Waals surface area contributed by atoms with E-state index in [2.05, 4.69) is 71.2 Å². The van der Waals surface area contributed by atoms with Crippen molar-refractivity contribution in [2.75, 3.05) is 11.9 Å². The van der Waals surface area contributed by atoms with Crippen LogP contribution in [0, 0.1) is 6.92 Å². The van der Waals surface area contributed by atoms with Gasteiger partial charge in [-0.2, -0.15) is 0 Å². The van der Waals surface area contributed by atoms with Crippen molar-refractivity contribution in [1.82, 2.24) is 0 Å². The summed E-state index contributed by atoms with van der Waals surface area (Å²) in [6.07, 6.45) is 0. The van der Waals surface area contributed by atoms with Crippen LogP contribution in [-0.2, 0) is 5.88 Å². The lowest BCUT2D eigenvalue weighted by atomic mass is 10.1. The molecule has 0 fully saturated rings. The predicted octanol–water partition coefficient (Wildman–Crippen LogP) is 5.26. The third kappa shape index (κ3) is 2.70. The highest BCUT2D eigenvalue weighted by atomic mass is 79.9. The van der Waals surface area contributed by atoms with Gasteiger partial charge in [0.15, 0.2) is 0 Å². The summed E-state index contributed by atoms with van der Waals surface area (Å²) >= 11 is 9.51. The quantitative estimate of drug-likeness (QED) is 0.696. The van der Waals surface area contributed by atoms with Crippen LogP contribution in [0.2, 0.25) is 0 Å². The Morgan fingerprint density at radius 3 is 2.50 bits per heavy atom. The van der Waals surface area contributed by atoms with Crippen LogP contribution in [0.15, 0.2) is 46.9 Å². The highest BCUT2D eigenvalue weighted by molar-refractivity contribution is 9.10. The van der Waals surface area contributed by atoms with E-state index in [1.54, 1.807) is 0 Å². The molecule has 0 spiro atoms. The maximum Gasteiger partial charge on any atom is 0.0495 e. The zero-order valence-corrected chi connectivity index (χ0v) is 12.8. The second kappa shape index (κ2) is 5.77. The number of hydrogen-bond donors (Lipinski definition) is 0. The molecule has 0 N–H and O–H groups in total. The number of benzene rings is 2. The van der Waals surface area contributed by atoms with Crippen molar-refractivity contribution in [3.8, 4) is 0 Å². The Morgan fingerprint density at radius 2 is 1.83 bits per heavy atom. The minimum absolute atomic E-state index is 0.505. The van der Waals surface area contributed by atoms with Crippen molar-refractivity contribution in [2.24, 2.45) is 0 Å². The molecule has 0 atom stereocenters. The molecule has 0 heterocycles. The lowest BCUT2D eigenvalue weighted by molar-refractivity contribution is 1.16. The lowest BCUT2D eigenvalue weighted by Gasteiger charge is -2.24. The van der Waals surface area contributed by atoms with Gasteiger partial charge in [-0.1, -0.05) is 34.1 Å². The third-order valence-electron chi connectivity index (χ3n) is 3.02. The van der Waals surface area contributed by atoms with Gasteiger partial charge in [-0.05, 0) is 42.3 Å². The summed E-state index contributed by atoms with van der Waals surface area (Å²) in [5.41, 5.74) is 4.72.